The number of aryl methyl sites for hydroxylation is 2. The normalized spacial score (nSPS) is 12.2. The van der Waals surface area contributed by atoms with Crippen molar-refractivity contribution in [2.45, 2.75) is 26.3 Å². The molecule has 1 aromatic heterocycles. The van der Waals surface area contributed by atoms with Crippen LogP contribution in [-0.4, -0.2) is 29.2 Å². The van der Waals surface area contributed by atoms with Gasteiger partial charge in [0.25, 0.3) is 0 Å². The first-order valence-corrected chi connectivity index (χ1v) is 4.95. The number of nitrogens with two attached hydrogens (primary N) is 1. The zero-order chi connectivity index (χ0) is 12.3. The maximum atomic E-state index is 10.7. The Kier molecular flexibility index (Phi) is 3.84. The van der Waals surface area contributed by atoms with E-state index >= 15 is 0 Å². The number of ether oxygens (including phenoxy) is 1. The lowest BCUT2D eigenvalue weighted by atomic mass is 10.0. The largest absolute Gasteiger partial charge is 0.496 e. The van der Waals surface area contributed by atoms with Gasteiger partial charge in [-0.2, -0.15) is 0 Å². The van der Waals surface area contributed by atoms with Crippen molar-refractivity contribution in [3.05, 3.63) is 23.0 Å². The standard InChI is InChI=1S/C11H16N2O3/c1-6-4-10(16-3)8(7(2)13-6)5-9(12)11(14)15/h4,9H,5,12H2,1-3H3,(H,14,15). The predicted octanol–water partition coefficient (Wildman–Crippen LogP) is 0.661. The summed E-state index contributed by atoms with van der Waals surface area (Å²) in [5.74, 6) is -0.385. The van der Waals surface area contributed by atoms with Crippen LogP contribution in [0.15, 0.2) is 6.07 Å². The van der Waals surface area contributed by atoms with E-state index in [2.05, 4.69) is 4.98 Å². The molecule has 3 N–H and O–H groups in total. The summed E-state index contributed by atoms with van der Waals surface area (Å²) < 4.78 is 5.20. The van der Waals surface area contributed by atoms with Gasteiger partial charge in [-0.25, -0.2) is 0 Å². The molecule has 0 radical (unpaired) electrons. The summed E-state index contributed by atoms with van der Waals surface area (Å²) in [7, 11) is 1.55. The number of pyridine rings is 1. The van der Waals surface area contributed by atoms with Crippen LogP contribution in [0.2, 0.25) is 0 Å². The van der Waals surface area contributed by atoms with Crippen molar-refractivity contribution in [2.75, 3.05) is 7.11 Å². The quantitative estimate of drug-likeness (QED) is 0.784. The highest BCUT2D eigenvalue weighted by Gasteiger charge is 2.17. The summed E-state index contributed by atoms with van der Waals surface area (Å²) in [6.07, 6.45) is 0.220. The van der Waals surface area contributed by atoms with Gasteiger partial charge in [0.1, 0.15) is 11.8 Å². The maximum absolute atomic E-state index is 10.7. The number of carbonyl (C=O) groups is 1. The van der Waals surface area contributed by atoms with Crippen molar-refractivity contribution in [3.63, 3.8) is 0 Å². The zero-order valence-electron chi connectivity index (χ0n) is 9.65. The van der Waals surface area contributed by atoms with E-state index in [4.69, 9.17) is 15.6 Å². The van der Waals surface area contributed by atoms with E-state index in [9.17, 15) is 4.79 Å². The van der Waals surface area contributed by atoms with E-state index in [0.717, 1.165) is 17.0 Å². The molecular weight excluding hydrogens is 208 g/mol. The Hall–Kier alpha value is -1.62. The molecule has 5 heteroatoms. The van der Waals surface area contributed by atoms with E-state index in [1.165, 1.54) is 0 Å². The molecule has 0 fully saturated rings. The zero-order valence-corrected chi connectivity index (χ0v) is 9.65. The summed E-state index contributed by atoms with van der Waals surface area (Å²) in [6, 6.07) is 0.841. The first-order valence-electron chi connectivity index (χ1n) is 4.95. The topological polar surface area (TPSA) is 85.4 Å². The average molecular weight is 224 g/mol. The Morgan fingerprint density at radius 3 is 2.75 bits per heavy atom. The van der Waals surface area contributed by atoms with E-state index in [1.54, 1.807) is 13.2 Å². The number of hydrogen-bond donors (Lipinski definition) is 2. The minimum Gasteiger partial charge on any atom is -0.496 e. The van der Waals surface area contributed by atoms with Crippen LogP contribution in [0.3, 0.4) is 0 Å². The van der Waals surface area contributed by atoms with Gasteiger partial charge in [-0.1, -0.05) is 0 Å². The fourth-order valence-corrected chi connectivity index (χ4v) is 1.56. The molecule has 16 heavy (non-hydrogen) atoms. The molecule has 0 bridgehead atoms. The molecule has 0 aliphatic heterocycles. The summed E-state index contributed by atoms with van der Waals surface area (Å²) >= 11 is 0. The van der Waals surface area contributed by atoms with E-state index in [-0.39, 0.29) is 6.42 Å². The van der Waals surface area contributed by atoms with Crippen molar-refractivity contribution in [3.8, 4) is 5.75 Å². The molecule has 5 nitrogen and oxygen atoms in total. The lowest BCUT2D eigenvalue weighted by molar-refractivity contribution is -0.138. The molecular formula is C11H16N2O3. The van der Waals surface area contributed by atoms with Crippen LogP contribution in [0.5, 0.6) is 5.75 Å². The Morgan fingerprint density at radius 1 is 1.62 bits per heavy atom. The highest BCUT2D eigenvalue weighted by atomic mass is 16.5. The number of aliphatic carboxylic acids is 1. The molecule has 1 aromatic rings. The Balaban J connectivity index is 3.07. The highest BCUT2D eigenvalue weighted by Crippen LogP contribution is 2.23. The van der Waals surface area contributed by atoms with Crippen molar-refractivity contribution >= 4 is 5.97 Å². The van der Waals surface area contributed by atoms with Gasteiger partial charge in [0.05, 0.1) is 7.11 Å². The number of nitrogens with zero attached hydrogens (tertiary/aromatic N) is 1. The van der Waals surface area contributed by atoms with Crippen LogP contribution in [0.25, 0.3) is 0 Å². The van der Waals surface area contributed by atoms with Gasteiger partial charge in [-0.3, -0.25) is 9.78 Å². The first-order chi connectivity index (χ1) is 7.45. The molecule has 0 aromatic carbocycles. The molecule has 88 valence electrons. The third-order valence-corrected chi connectivity index (χ3v) is 2.38. The van der Waals surface area contributed by atoms with Gasteiger partial charge in [0.15, 0.2) is 0 Å². The van der Waals surface area contributed by atoms with Gasteiger partial charge < -0.3 is 15.6 Å². The summed E-state index contributed by atoms with van der Waals surface area (Å²) in [5.41, 5.74) is 7.84. The van der Waals surface area contributed by atoms with Crippen molar-refractivity contribution in [2.24, 2.45) is 5.73 Å². The lowest BCUT2D eigenvalue weighted by Gasteiger charge is -2.14. The molecule has 0 amide bonds. The first kappa shape index (κ1) is 12.4. The molecule has 1 rings (SSSR count). The van der Waals surface area contributed by atoms with Crippen LogP contribution in [0.1, 0.15) is 17.0 Å². The second-order valence-corrected chi connectivity index (χ2v) is 3.68. The van der Waals surface area contributed by atoms with Crippen LogP contribution >= 0.6 is 0 Å². The molecule has 0 spiro atoms. The van der Waals surface area contributed by atoms with Crippen LogP contribution in [0.4, 0.5) is 0 Å². The van der Waals surface area contributed by atoms with E-state index in [1.807, 2.05) is 13.8 Å². The van der Waals surface area contributed by atoms with E-state index in [0.29, 0.717) is 5.75 Å². The lowest BCUT2D eigenvalue weighted by Crippen LogP contribution is -2.32. The second kappa shape index (κ2) is 4.94. The SMILES string of the molecule is COc1cc(C)nc(C)c1CC(N)C(=O)O. The predicted molar refractivity (Wildman–Crippen MR) is 59.6 cm³/mol. The van der Waals surface area contributed by atoms with Gasteiger partial charge in [-0.15, -0.1) is 0 Å². The van der Waals surface area contributed by atoms with Crippen LogP contribution in [0, 0.1) is 13.8 Å². The smallest absolute Gasteiger partial charge is 0.320 e. The molecule has 0 saturated carbocycles. The molecule has 0 aliphatic carbocycles. The summed E-state index contributed by atoms with van der Waals surface area (Å²) in [4.78, 5) is 15.0. The third-order valence-electron chi connectivity index (χ3n) is 2.38. The van der Waals surface area contributed by atoms with Gasteiger partial charge in [0.2, 0.25) is 0 Å². The Labute approximate surface area is 94.2 Å². The van der Waals surface area contributed by atoms with Gasteiger partial charge >= 0.3 is 5.97 Å². The number of carboxylic acids is 1. The average Bonchev–Trinajstić information content (AvgIpc) is 2.21. The molecule has 1 atom stereocenters. The third kappa shape index (κ3) is 2.70. The van der Waals surface area contributed by atoms with E-state index < -0.39 is 12.0 Å². The molecule has 1 heterocycles. The Morgan fingerprint density at radius 2 is 2.25 bits per heavy atom. The van der Waals surface area contributed by atoms with Crippen LogP contribution in [-0.2, 0) is 11.2 Å². The number of aromatic nitrogens is 1. The monoisotopic (exact) mass is 224 g/mol. The van der Waals surface area contributed by atoms with Crippen molar-refractivity contribution in [1.82, 2.24) is 4.98 Å². The Bertz CT molecular complexity index is 404. The summed E-state index contributed by atoms with van der Waals surface area (Å²) in [5, 5.41) is 8.77. The number of rotatable bonds is 4. The second-order valence-electron chi connectivity index (χ2n) is 3.68. The minimum atomic E-state index is -1.03. The number of methoxy groups -OCH3 is 1. The number of hydrogen-bond acceptors (Lipinski definition) is 4. The van der Waals surface area contributed by atoms with Crippen LogP contribution < -0.4 is 10.5 Å². The molecule has 0 saturated heterocycles. The van der Waals surface area contributed by atoms with Crippen molar-refractivity contribution in [1.29, 1.82) is 0 Å². The maximum Gasteiger partial charge on any atom is 0.320 e. The highest BCUT2D eigenvalue weighted by molar-refractivity contribution is 5.73. The summed E-state index contributed by atoms with van der Waals surface area (Å²) in [6.45, 7) is 3.68. The number of carboxylic acid groups (broad SMARTS) is 1. The van der Waals surface area contributed by atoms with Gasteiger partial charge in [-0.05, 0) is 13.8 Å². The fourth-order valence-electron chi connectivity index (χ4n) is 1.56. The molecule has 1 unspecified atom stereocenters. The fraction of sp³-hybridized carbons (Fsp3) is 0.455. The minimum absolute atomic E-state index is 0.220. The molecule has 0 aliphatic rings. The van der Waals surface area contributed by atoms with Crippen molar-refractivity contribution < 1.29 is 14.6 Å². The van der Waals surface area contributed by atoms with Gasteiger partial charge in [0, 0.05) is 29.4 Å².